The fourth-order valence-electron chi connectivity index (χ4n) is 2.61. The van der Waals surface area contributed by atoms with Crippen LogP contribution in [0.5, 0.6) is 5.75 Å². The van der Waals surface area contributed by atoms with Crippen LogP contribution in [0.4, 0.5) is 0 Å². The standard InChI is InChI=1S/C20H18BrCl2N3O3/c1-2-9-26(19(27)12-28-17-8-7-13(21)10-16(17)23)11-18-24-25-20(29-18)14-5-3-4-6-15(14)22/h3-8,10H,2,9,11-12H2,1H3. The van der Waals surface area contributed by atoms with Crippen LogP contribution in [0.25, 0.3) is 11.5 Å². The van der Waals surface area contributed by atoms with Crippen LogP contribution in [0.1, 0.15) is 19.2 Å². The van der Waals surface area contributed by atoms with Gasteiger partial charge in [-0.2, -0.15) is 0 Å². The summed E-state index contributed by atoms with van der Waals surface area (Å²) in [5.41, 5.74) is 0.648. The summed E-state index contributed by atoms with van der Waals surface area (Å²) >= 11 is 15.6. The molecular weight excluding hydrogens is 481 g/mol. The van der Waals surface area contributed by atoms with E-state index in [4.69, 9.17) is 32.4 Å². The van der Waals surface area contributed by atoms with Crippen molar-refractivity contribution in [3.8, 4) is 17.2 Å². The van der Waals surface area contributed by atoms with E-state index in [2.05, 4.69) is 26.1 Å². The number of nitrogens with zero attached hydrogens (tertiary/aromatic N) is 3. The summed E-state index contributed by atoms with van der Waals surface area (Å²) in [6.45, 7) is 2.55. The predicted octanol–water partition coefficient (Wildman–Crippen LogP) is 5.62. The smallest absolute Gasteiger partial charge is 0.260 e. The minimum atomic E-state index is -0.205. The second-order valence-electron chi connectivity index (χ2n) is 6.16. The average molecular weight is 499 g/mol. The highest BCUT2D eigenvalue weighted by molar-refractivity contribution is 9.10. The largest absolute Gasteiger partial charge is 0.482 e. The van der Waals surface area contributed by atoms with E-state index in [1.165, 1.54) is 0 Å². The van der Waals surface area contributed by atoms with Gasteiger partial charge >= 0.3 is 0 Å². The number of carbonyl (C=O) groups is 1. The van der Waals surface area contributed by atoms with Crippen LogP contribution in [0.2, 0.25) is 10.0 Å². The van der Waals surface area contributed by atoms with Crippen molar-refractivity contribution in [2.24, 2.45) is 0 Å². The third-order valence-corrected chi connectivity index (χ3v) is 5.11. The lowest BCUT2D eigenvalue weighted by atomic mass is 10.2. The lowest BCUT2D eigenvalue weighted by Gasteiger charge is -2.20. The van der Waals surface area contributed by atoms with E-state index in [0.29, 0.717) is 39.7 Å². The summed E-state index contributed by atoms with van der Waals surface area (Å²) in [7, 11) is 0. The van der Waals surface area contributed by atoms with Crippen molar-refractivity contribution in [3.63, 3.8) is 0 Å². The van der Waals surface area contributed by atoms with Gasteiger partial charge in [0.05, 0.1) is 22.2 Å². The van der Waals surface area contributed by atoms with Gasteiger partial charge < -0.3 is 14.1 Å². The molecule has 0 saturated heterocycles. The van der Waals surface area contributed by atoms with E-state index >= 15 is 0 Å². The second-order valence-corrected chi connectivity index (χ2v) is 7.89. The maximum Gasteiger partial charge on any atom is 0.260 e. The fraction of sp³-hybridized carbons (Fsp3) is 0.250. The number of amides is 1. The SMILES string of the molecule is CCCN(Cc1nnc(-c2ccccc2Cl)o1)C(=O)COc1ccc(Br)cc1Cl. The van der Waals surface area contributed by atoms with Crippen molar-refractivity contribution < 1.29 is 13.9 Å². The van der Waals surface area contributed by atoms with Gasteiger partial charge in [-0.3, -0.25) is 4.79 Å². The molecule has 0 spiro atoms. The Morgan fingerprint density at radius 2 is 1.97 bits per heavy atom. The molecule has 1 amide bonds. The Labute approximate surface area is 186 Å². The van der Waals surface area contributed by atoms with Gasteiger partial charge in [0, 0.05) is 11.0 Å². The van der Waals surface area contributed by atoms with Crippen LogP contribution < -0.4 is 4.74 Å². The number of benzene rings is 2. The van der Waals surface area contributed by atoms with Gasteiger partial charge in [-0.25, -0.2) is 0 Å². The zero-order chi connectivity index (χ0) is 20.8. The molecule has 0 radical (unpaired) electrons. The molecule has 0 bridgehead atoms. The van der Waals surface area contributed by atoms with E-state index in [1.54, 1.807) is 35.2 Å². The summed E-state index contributed by atoms with van der Waals surface area (Å²) in [4.78, 5) is 14.3. The maximum atomic E-state index is 12.7. The summed E-state index contributed by atoms with van der Waals surface area (Å²) < 4.78 is 12.1. The molecule has 0 saturated carbocycles. The van der Waals surface area contributed by atoms with Crippen LogP contribution in [0.15, 0.2) is 51.4 Å². The number of aromatic nitrogens is 2. The lowest BCUT2D eigenvalue weighted by Crippen LogP contribution is -2.35. The Kier molecular flexibility index (Phi) is 7.52. The molecule has 1 heterocycles. The van der Waals surface area contributed by atoms with Crippen molar-refractivity contribution in [2.75, 3.05) is 13.2 Å². The molecule has 29 heavy (non-hydrogen) atoms. The molecule has 0 aliphatic rings. The molecule has 0 aliphatic carbocycles. The zero-order valence-electron chi connectivity index (χ0n) is 15.6. The molecule has 0 aliphatic heterocycles. The number of rotatable bonds is 8. The Morgan fingerprint density at radius 1 is 1.17 bits per heavy atom. The first-order chi connectivity index (χ1) is 14.0. The van der Waals surface area contributed by atoms with Crippen LogP contribution in [-0.2, 0) is 11.3 Å². The molecular formula is C20H18BrCl2N3O3. The van der Waals surface area contributed by atoms with Gasteiger partial charge in [-0.05, 0) is 36.8 Å². The molecule has 0 unspecified atom stereocenters. The number of ether oxygens (including phenoxy) is 1. The van der Waals surface area contributed by atoms with E-state index in [1.807, 2.05) is 19.1 Å². The Hall–Kier alpha value is -2.09. The molecule has 3 rings (SSSR count). The van der Waals surface area contributed by atoms with Crippen molar-refractivity contribution in [1.82, 2.24) is 15.1 Å². The fourth-order valence-corrected chi connectivity index (χ4v) is 3.55. The molecule has 152 valence electrons. The van der Waals surface area contributed by atoms with Gasteiger partial charge in [0.15, 0.2) is 6.61 Å². The van der Waals surface area contributed by atoms with Crippen molar-refractivity contribution in [1.29, 1.82) is 0 Å². The van der Waals surface area contributed by atoms with Crippen LogP contribution in [0.3, 0.4) is 0 Å². The molecule has 6 nitrogen and oxygen atoms in total. The molecule has 3 aromatic rings. The summed E-state index contributed by atoms with van der Waals surface area (Å²) in [6, 6.07) is 12.4. The number of carbonyl (C=O) groups excluding carboxylic acids is 1. The van der Waals surface area contributed by atoms with Gasteiger partial charge in [0.25, 0.3) is 5.91 Å². The summed E-state index contributed by atoms with van der Waals surface area (Å²) in [6.07, 6.45) is 0.774. The molecule has 0 fully saturated rings. The second kappa shape index (κ2) is 10.1. The molecule has 9 heteroatoms. The highest BCUT2D eigenvalue weighted by Crippen LogP contribution is 2.28. The minimum absolute atomic E-state index is 0.146. The first-order valence-electron chi connectivity index (χ1n) is 8.90. The van der Waals surface area contributed by atoms with Gasteiger partial charge in [0.2, 0.25) is 11.8 Å². The molecule has 0 atom stereocenters. The normalized spacial score (nSPS) is 10.8. The molecule has 2 aromatic carbocycles. The Balaban J connectivity index is 1.66. The van der Waals surface area contributed by atoms with E-state index in [0.717, 1.165) is 10.9 Å². The average Bonchev–Trinajstić information content (AvgIpc) is 3.15. The molecule has 1 aromatic heterocycles. The summed E-state index contributed by atoms with van der Waals surface area (Å²) in [5.74, 6) is 0.873. The van der Waals surface area contributed by atoms with Crippen LogP contribution >= 0.6 is 39.1 Å². The number of halogens is 3. The Bertz CT molecular complexity index is 997. The first kappa shape index (κ1) is 21.6. The zero-order valence-corrected chi connectivity index (χ0v) is 18.7. The number of hydrogen-bond acceptors (Lipinski definition) is 5. The minimum Gasteiger partial charge on any atom is -0.482 e. The van der Waals surface area contributed by atoms with E-state index in [9.17, 15) is 4.79 Å². The third kappa shape index (κ3) is 5.72. The lowest BCUT2D eigenvalue weighted by molar-refractivity contribution is -0.134. The first-order valence-corrected chi connectivity index (χ1v) is 10.5. The maximum absolute atomic E-state index is 12.7. The third-order valence-electron chi connectivity index (χ3n) is 3.99. The highest BCUT2D eigenvalue weighted by Gasteiger charge is 2.19. The quantitative estimate of drug-likeness (QED) is 0.403. The van der Waals surface area contributed by atoms with Gasteiger partial charge in [-0.15, -0.1) is 10.2 Å². The summed E-state index contributed by atoms with van der Waals surface area (Å²) in [5, 5.41) is 9.03. The number of hydrogen-bond donors (Lipinski definition) is 0. The highest BCUT2D eigenvalue weighted by atomic mass is 79.9. The Morgan fingerprint density at radius 3 is 2.69 bits per heavy atom. The molecule has 0 N–H and O–H groups in total. The predicted molar refractivity (Wildman–Crippen MR) is 115 cm³/mol. The van der Waals surface area contributed by atoms with Crippen LogP contribution in [0, 0.1) is 0 Å². The van der Waals surface area contributed by atoms with Gasteiger partial charge in [-0.1, -0.05) is 58.2 Å². The van der Waals surface area contributed by atoms with Crippen molar-refractivity contribution >= 4 is 45.0 Å². The van der Waals surface area contributed by atoms with E-state index < -0.39 is 0 Å². The van der Waals surface area contributed by atoms with Gasteiger partial charge in [0.1, 0.15) is 5.75 Å². The topological polar surface area (TPSA) is 68.5 Å². The van der Waals surface area contributed by atoms with E-state index in [-0.39, 0.29) is 19.1 Å². The van der Waals surface area contributed by atoms with Crippen molar-refractivity contribution in [2.45, 2.75) is 19.9 Å². The van der Waals surface area contributed by atoms with Crippen LogP contribution in [-0.4, -0.2) is 34.2 Å². The van der Waals surface area contributed by atoms with Crippen molar-refractivity contribution in [3.05, 3.63) is 62.9 Å². The monoisotopic (exact) mass is 497 g/mol.